The van der Waals surface area contributed by atoms with E-state index in [0.717, 1.165) is 17.1 Å². The second-order valence-corrected chi connectivity index (χ2v) is 3.62. The van der Waals surface area contributed by atoms with Crippen LogP contribution in [0.2, 0.25) is 0 Å². The van der Waals surface area contributed by atoms with Crippen molar-refractivity contribution in [2.75, 3.05) is 12.8 Å². The van der Waals surface area contributed by atoms with Gasteiger partial charge in [-0.25, -0.2) is 23.2 Å². The Kier molecular flexibility index (Phi) is 3.41. The van der Waals surface area contributed by atoms with Crippen LogP contribution < -0.4 is 5.73 Å². The minimum absolute atomic E-state index is 0.104. The smallest absolute Gasteiger partial charge is 0.377 e. The van der Waals surface area contributed by atoms with Crippen molar-refractivity contribution in [3.63, 3.8) is 0 Å². The molecule has 6 nitrogen and oxygen atoms in total. The molecule has 0 atom stereocenters. The number of halogens is 2. The third kappa shape index (κ3) is 2.51. The van der Waals surface area contributed by atoms with Gasteiger partial charge in [-0.2, -0.15) is 0 Å². The number of carbonyl (C=O) groups excluding carboxylic acids is 1. The van der Waals surface area contributed by atoms with Crippen LogP contribution >= 0.6 is 0 Å². The zero-order valence-electron chi connectivity index (χ0n) is 9.88. The zero-order valence-corrected chi connectivity index (χ0v) is 9.88. The second kappa shape index (κ2) is 5.01. The van der Waals surface area contributed by atoms with Gasteiger partial charge in [-0.1, -0.05) is 0 Å². The number of nitrogen functional groups attached to an aromatic ring is 1. The maximum Gasteiger partial charge on any atom is 0.377 e. The standard InChI is InChI=1S/C11H10F2N4O2/c1-19-11(18)10-15-5-17(16-10)8-3-2-6(14)4-7(8)9(12)13/h2-5,9H,14H2,1H3. The molecule has 2 rings (SSSR count). The lowest BCUT2D eigenvalue weighted by Crippen LogP contribution is -2.06. The predicted octanol–water partition coefficient (Wildman–Crippen LogP) is 1.57. The molecule has 1 aromatic heterocycles. The lowest BCUT2D eigenvalue weighted by Gasteiger charge is -2.08. The van der Waals surface area contributed by atoms with E-state index in [2.05, 4.69) is 14.8 Å². The molecular weight excluding hydrogens is 258 g/mol. The van der Waals surface area contributed by atoms with Crippen LogP contribution in [0.5, 0.6) is 0 Å². The Balaban J connectivity index is 2.47. The van der Waals surface area contributed by atoms with Crippen molar-refractivity contribution in [3.05, 3.63) is 35.9 Å². The number of nitrogens with zero attached hydrogens (tertiary/aromatic N) is 3. The van der Waals surface area contributed by atoms with E-state index in [1.807, 2.05) is 0 Å². The highest BCUT2D eigenvalue weighted by Crippen LogP contribution is 2.27. The summed E-state index contributed by atoms with van der Waals surface area (Å²) >= 11 is 0. The molecule has 0 saturated carbocycles. The SMILES string of the molecule is COC(=O)c1ncn(-c2ccc(N)cc2C(F)F)n1. The third-order valence-electron chi connectivity index (χ3n) is 2.39. The Hall–Kier alpha value is -2.51. The number of esters is 1. The van der Waals surface area contributed by atoms with Gasteiger partial charge in [0.25, 0.3) is 12.2 Å². The molecule has 0 radical (unpaired) electrons. The number of anilines is 1. The van der Waals surface area contributed by atoms with Crippen LogP contribution in [0.15, 0.2) is 24.5 Å². The van der Waals surface area contributed by atoms with Gasteiger partial charge in [0.2, 0.25) is 0 Å². The third-order valence-corrected chi connectivity index (χ3v) is 2.39. The Morgan fingerprint density at radius 3 is 2.84 bits per heavy atom. The molecule has 0 saturated heterocycles. The van der Waals surface area contributed by atoms with Crippen LogP contribution in [0.1, 0.15) is 22.6 Å². The molecule has 0 aliphatic rings. The summed E-state index contributed by atoms with van der Waals surface area (Å²) in [5.41, 5.74) is 5.49. The van der Waals surface area contributed by atoms with Gasteiger partial charge in [-0.05, 0) is 18.2 Å². The van der Waals surface area contributed by atoms with Gasteiger partial charge in [0.15, 0.2) is 0 Å². The van der Waals surface area contributed by atoms with E-state index in [-0.39, 0.29) is 22.8 Å². The largest absolute Gasteiger partial charge is 0.463 e. The number of hydrogen-bond donors (Lipinski definition) is 1. The van der Waals surface area contributed by atoms with E-state index >= 15 is 0 Å². The van der Waals surface area contributed by atoms with Crippen molar-refractivity contribution < 1.29 is 18.3 Å². The molecule has 100 valence electrons. The van der Waals surface area contributed by atoms with Crippen molar-refractivity contribution in [3.8, 4) is 5.69 Å². The van der Waals surface area contributed by atoms with E-state index in [0.29, 0.717) is 0 Å². The molecule has 0 spiro atoms. The molecule has 0 unspecified atom stereocenters. The maximum atomic E-state index is 12.9. The van der Waals surface area contributed by atoms with Gasteiger partial charge >= 0.3 is 5.97 Å². The van der Waals surface area contributed by atoms with E-state index in [4.69, 9.17) is 5.73 Å². The summed E-state index contributed by atoms with van der Waals surface area (Å²) in [5, 5.41) is 3.78. The van der Waals surface area contributed by atoms with Crippen molar-refractivity contribution in [2.24, 2.45) is 0 Å². The first kappa shape index (κ1) is 12.9. The average Bonchev–Trinajstić information content (AvgIpc) is 2.87. The van der Waals surface area contributed by atoms with Crippen molar-refractivity contribution >= 4 is 11.7 Å². The first-order valence-electron chi connectivity index (χ1n) is 5.21. The fraction of sp³-hybridized carbons (Fsp3) is 0.182. The van der Waals surface area contributed by atoms with Gasteiger partial charge < -0.3 is 10.5 Å². The highest BCUT2D eigenvalue weighted by atomic mass is 19.3. The van der Waals surface area contributed by atoms with Gasteiger partial charge in [-0.15, -0.1) is 5.10 Å². The van der Waals surface area contributed by atoms with Gasteiger partial charge in [0.1, 0.15) is 6.33 Å². The number of rotatable bonds is 3. The van der Waals surface area contributed by atoms with Gasteiger partial charge in [0.05, 0.1) is 12.8 Å². The minimum Gasteiger partial charge on any atom is -0.463 e. The molecule has 0 bridgehead atoms. The normalized spacial score (nSPS) is 10.7. The molecule has 0 amide bonds. The van der Waals surface area contributed by atoms with E-state index in [1.165, 1.54) is 19.2 Å². The molecule has 0 aliphatic carbocycles. The van der Waals surface area contributed by atoms with Crippen molar-refractivity contribution in [2.45, 2.75) is 6.43 Å². The van der Waals surface area contributed by atoms with Crippen LogP contribution in [0.4, 0.5) is 14.5 Å². The first-order valence-corrected chi connectivity index (χ1v) is 5.21. The summed E-state index contributed by atoms with van der Waals surface area (Å²) in [5.74, 6) is -0.952. The number of ether oxygens (including phenoxy) is 1. The van der Waals surface area contributed by atoms with Crippen LogP contribution in [0, 0.1) is 0 Å². The summed E-state index contributed by atoms with van der Waals surface area (Å²) in [6.07, 6.45) is -1.56. The molecule has 8 heteroatoms. The van der Waals surface area contributed by atoms with Gasteiger partial charge in [-0.3, -0.25) is 0 Å². The number of alkyl halides is 2. The number of aromatic nitrogens is 3. The number of methoxy groups -OCH3 is 1. The fourth-order valence-electron chi connectivity index (χ4n) is 1.52. The highest BCUT2D eigenvalue weighted by molar-refractivity contribution is 5.84. The highest BCUT2D eigenvalue weighted by Gasteiger charge is 2.18. The summed E-state index contributed by atoms with van der Waals surface area (Å²) in [4.78, 5) is 14.9. The van der Waals surface area contributed by atoms with Crippen LogP contribution in [0.3, 0.4) is 0 Å². The molecule has 2 N–H and O–H groups in total. The maximum absolute atomic E-state index is 12.9. The van der Waals surface area contributed by atoms with Gasteiger partial charge in [0, 0.05) is 11.3 Å². The first-order chi connectivity index (χ1) is 9.02. The van der Waals surface area contributed by atoms with Crippen LogP contribution in [-0.4, -0.2) is 27.8 Å². The second-order valence-electron chi connectivity index (χ2n) is 3.62. The Morgan fingerprint density at radius 2 is 2.21 bits per heavy atom. The number of hydrogen-bond acceptors (Lipinski definition) is 5. The topological polar surface area (TPSA) is 83.0 Å². The van der Waals surface area contributed by atoms with Crippen molar-refractivity contribution in [1.82, 2.24) is 14.8 Å². The summed E-state index contributed by atoms with van der Waals surface area (Å²) in [6.45, 7) is 0. The quantitative estimate of drug-likeness (QED) is 0.675. The summed E-state index contributed by atoms with van der Waals surface area (Å²) < 4.78 is 31.3. The molecule has 0 aliphatic heterocycles. The van der Waals surface area contributed by atoms with Crippen molar-refractivity contribution in [1.29, 1.82) is 0 Å². The zero-order chi connectivity index (χ0) is 14.0. The Labute approximate surface area is 106 Å². The van der Waals surface area contributed by atoms with E-state index in [1.54, 1.807) is 0 Å². The summed E-state index contributed by atoms with van der Waals surface area (Å²) in [6, 6.07) is 3.99. The molecular formula is C11H10F2N4O2. The lowest BCUT2D eigenvalue weighted by molar-refractivity contribution is 0.0587. The number of carbonyl (C=O) groups is 1. The van der Waals surface area contributed by atoms with Crippen LogP contribution in [0.25, 0.3) is 5.69 Å². The predicted molar refractivity (Wildman–Crippen MR) is 62.1 cm³/mol. The minimum atomic E-state index is -2.72. The average molecular weight is 268 g/mol. The number of benzene rings is 1. The molecule has 1 aromatic carbocycles. The molecule has 2 aromatic rings. The number of nitrogens with two attached hydrogens (primary N) is 1. The fourth-order valence-corrected chi connectivity index (χ4v) is 1.52. The summed E-state index contributed by atoms with van der Waals surface area (Å²) in [7, 11) is 1.18. The monoisotopic (exact) mass is 268 g/mol. The Morgan fingerprint density at radius 1 is 1.47 bits per heavy atom. The molecule has 19 heavy (non-hydrogen) atoms. The van der Waals surface area contributed by atoms with E-state index in [9.17, 15) is 13.6 Å². The van der Waals surface area contributed by atoms with Crippen LogP contribution in [-0.2, 0) is 4.74 Å². The molecule has 1 heterocycles. The Bertz CT molecular complexity index is 612. The lowest BCUT2D eigenvalue weighted by atomic mass is 10.1. The van der Waals surface area contributed by atoms with E-state index < -0.39 is 12.4 Å². The molecule has 0 fully saturated rings.